The summed E-state index contributed by atoms with van der Waals surface area (Å²) in [7, 11) is 0. The number of rotatable bonds is 8. The molecule has 0 aliphatic carbocycles. The average Bonchev–Trinajstić information content (AvgIpc) is 3.58. The van der Waals surface area contributed by atoms with Crippen molar-refractivity contribution in [3.8, 4) is 22.5 Å². The number of anilines is 1. The summed E-state index contributed by atoms with van der Waals surface area (Å²) in [6, 6.07) is 24.2. The fraction of sp³-hybridized carbons (Fsp3) is 0.250. The molecule has 1 atom stereocenters. The number of fused-ring (bicyclic) bond motifs is 1. The third-order valence-electron chi connectivity index (χ3n) is 7.20. The van der Waals surface area contributed by atoms with Gasteiger partial charge in [0.2, 0.25) is 0 Å². The Morgan fingerprint density at radius 2 is 1.80 bits per heavy atom. The van der Waals surface area contributed by atoms with Gasteiger partial charge in [-0.15, -0.1) is 5.10 Å². The maximum Gasteiger partial charge on any atom is 0.252 e. The van der Waals surface area contributed by atoms with Crippen LogP contribution in [0, 0.1) is 0 Å². The number of hydrogen-bond acceptors (Lipinski definition) is 6. The zero-order chi connectivity index (χ0) is 27.5. The molecule has 1 amide bonds. The van der Waals surface area contributed by atoms with Crippen LogP contribution in [0.25, 0.3) is 28.0 Å². The van der Waals surface area contributed by atoms with E-state index in [9.17, 15) is 4.79 Å². The number of aromatic nitrogens is 4. The Balaban J connectivity index is 1.31. The molecule has 0 bridgehead atoms. The fourth-order valence-electron chi connectivity index (χ4n) is 5.12. The van der Waals surface area contributed by atoms with Gasteiger partial charge in [0.25, 0.3) is 5.91 Å². The Morgan fingerprint density at radius 3 is 2.55 bits per heavy atom. The minimum atomic E-state index is -0.196. The van der Waals surface area contributed by atoms with Gasteiger partial charge in [-0.25, -0.2) is 9.50 Å². The Morgan fingerprint density at radius 1 is 1.02 bits per heavy atom. The molecule has 0 saturated carbocycles. The lowest BCUT2D eigenvalue weighted by Gasteiger charge is -2.19. The standard InChI is InChI=1S/C32H32N6O2/c1-32(2)15-13-26(40-32)21-35-31(39)25-17-24(19-33-20-25)29-36-30(34-18-22-9-5-3-6-10-22)28-27(14-16-38(28)37-29)23-11-7-4-8-12-23/h3-12,14,16-17,19-20,26H,13,15,18,21H2,1-2H3,(H,35,39)(H,34,36,37). The van der Waals surface area contributed by atoms with Crippen LogP contribution < -0.4 is 10.6 Å². The SMILES string of the molecule is CC1(C)CCC(CNC(=O)c2cncc(-c3nc(NCc4ccccc4)c4c(-c5ccccc5)ccn4n3)c2)O1. The van der Waals surface area contributed by atoms with Crippen molar-refractivity contribution in [2.45, 2.75) is 44.9 Å². The van der Waals surface area contributed by atoms with E-state index in [4.69, 9.17) is 14.8 Å². The number of amides is 1. The van der Waals surface area contributed by atoms with Crippen LogP contribution in [-0.2, 0) is 11.3 Å². The number of pyridine rings is 1. The monoisotopic (exact) mass is 532 g/mol. The zero-order valence-corrected chi connectivity index (χ0v) is 22.7. The van der Waals surface area contributed by atoms with Crippen LogP contribution in [0.15, 0.2) is 91.4 Å². The molecule has 1 unspecified atom stereocenters. The van der Waals surface area contributed by atoms with Crippen LogP contribution in [-0.4, -0.2) is 43.7 Å². The fourth-order valence-corrected chi connectivity index (χ4v) is 5.12. The summed E-state index contributed by atoms with van der Waals surface area (Å²) in [5.74, 6) is 0.980. The smallest absolute Gasteiger partial charge is 0.252 e. The van der Waals surface area contributed by atoms with E-state index in [1.165, 1.54) is 0 Å². The van der Waals surface area contributed by atoms with Gasteiger partial charge in [-0.05, 0) is 49.9 Å². The van der Waals surface area contributed by atoms with Gasteiger partial charge in [0, 0.05) is 42.8 Å². The van der Waals surface area contributed by atoms with Crippen LogP contribution in [0.2, 0.25) is 0 Å². The van der Waals surface area contributed by atoms with Gasteiger partial charge >= 0.3 is 0 Å². The number of ether oxygens (including phenoxy) is 1. The second kappa shape index (κ2) is 10.9. The summed E-state index contributed by atoms with van der Waals surface area (Å²) in [6.45, 7) is 5.23. The van der Waals surface area contributed by atoms with Crippen molar-refractivity contribution >= 4 is 17.2 Å². The van der Waals surface area contributed by atoms with Crippen LogP contribution in [0.4, 0.5) is 5.82 Å². The van der Waals surface area contributed by atoms with Gasteiger partial charge in [-0.1, -0.05) is 60.7 Å². The van der Waals surface area contributed by atoms with Crippen molar-refractivity contribution in [1.29, 1.82) is 0 Å². The van der Waals surface area contributed by atoms with E-state index >= 15 is 0 Å². The maximum atomic E-state index is 13.0. The van der Waals surface area contributed by atoms with Crippen molar-refractivity contribution in [1.82, 2.24) is 24.9 Å². The van der Waals surface area contributed by atoms with E-state index in [0.717, 1.165) is 35.0 Å². The Bertz CT molecular complexity index is 1630. The number of benzene rings is 2. The predicted octanol–water partition coefficient (Wildman–Crippen LogP) is 5.76. The van der Waals surface area contributed by atoms with Gasteiger partial charge < -0.3 is 15.4 Å². The van der Waals surface area contributed by atoms with Crippen molar-refractivity contribution in [2.24, 2.45) is 0 Å². The molecule has 3 aromatic heterocycles. The molecule has 1 aliphatic rings. The zero-order valence-electron chi connectivity index (χ0n) is 22.7. The second-order valence-electron chi connectivity index (χ2n) is 10.7. The van der Waals surface area contributed by atoms with E-state index in [0.29, 0.717) is 35.9 Å². The predicted molar refractivity (Wildman–Crippen MR) is 156 cm³/mol. The van der Waals surface area contributed by atoms with Crippen molar-refractivity contribution in [3.63, 3.8) is 0 Å². The number of carbonyl (C=O) groups is 1. The summed E-state index contributed by atoms with van der Waals surface area (Å²) < 4.78 is 7.85. The molecule has 1 aliphatic heterocycles. The van der Waals surface area contributed by atoms with Gasteiger partial charge in [-0.3, -0.25) is 9.78 Å². The molecular formula is C32H32N6O2. The second-order valence-corrected chi connectivity index (χ2v) is 10.7. The maximum absolute atomic E-state index is 13.0. The van der Waals surface area contributed by atoms with Crippen LogP contribution in [0.3, 0.4) is 0 Å². The van der Waals surface area contributed by atoms with E-state index in [1.54, 1.807) is 18.5 Å². The molecule has 4 heterocycles. The molecule has 5 aromatic rings. The van der Waals surface area contributed by atoms with Gasteiger partial charge in [0.15, 0.2) is 11.6 Å². The summed E-state index contributed by atoms with van der Waals surface area (Å²) in [5.41, 5.74) is 5.11. The number of hydrogen-bond donors (Lipinski definition) is 2. The highest BCUT2D eigenvalue weighted by molar-refractivity contribution is 5.95. The summed E-state index contributed by atoms with van der Waals surface area (Å²) in [6.07, 6.45) is 7.11. The summed E-state index contributed by atoms with van der Waals surface area (Å²) in [5, 5.41) is 11.3. The number of carbonyl (C=O) groups excluding carboxylic acids is 1. The molecule has 40 heavy (non-hydrogen) atoms. The third-order valence-corrected chi connectivity index (χ3v) is 7.20. The van der Waals surface area contributed by atoms with Gasteiger partial charge in [-0.2, -0.15) is 0 Å². The number of nitrogens with zero attached hydrogens (tertiary/aromatic N) is 4. The van der Waals surface area contributed by atoms with E-state index in [-0.39, 0.29) is 17.6 Å². The van der Waals surface area contributed by atoms with Gasteiger partial charge in [0.1, 0.15) is 5.52 Å². The Kier molecular flexibility index (Phi) is 7.00. The minimum absolute atomic E-state index is 0.0200. The molecule has 202 valence electrons. The number of nitrogens with one attached hydrogen (secondary N) is 2. The molecular weight excluding hydrogens is 500 g/mol. The highest BCUT2D eigenvalue weighted by atomic mass is 16.5. The first kappa shape index (κ1) is 25.7. The third kappa shape index (κ3) is 5.58. The van der Waals surface area contributed by atoms with Gasteiger partial charge in [0.05, 0.1) is 17.3 Å². The molecule has 0 spiro atoms. The first-order chi connectivity index (χ1) is 19.4. The first-order valence-corrected chi connectivity index (χ1v) is 13.6. The first-order valence-electron chi connectivity index (χ1n) is 13.6. The van der Waals surface area contributed by atoms with E-state index in [2.05, 4.69) is 53.7 Å². The highest BCUT2D eigenvalue weighted by Gasteiger charge is 2.31. The highest BCUT2D eigenvalue weighted by Crippen LogP contribution is 2.32. The molecule has 8 heteroatoms. The largest absolute Gasteiger partial charge is 0.371 e. The molecule has 1 fully saturated rings. The van der Waals surface area contributed by atoms with Crippen molar-refractivity contribution in [2.75, 3.05) is 11.9 Å². The van der Waals surface area contributed by atoms with E-state index < -0.39 is 0 Å². The molecule has 8 nitrogen and oxygen atoms in total. The average molecular weight is 533 g/mol. The lowest BCUT2D eigenvalue weighted by molar-refractivity contribution is -0.0138. The van der Waals surface area contributed by atoms with E-state index in [1.807, 2.05) is 53.2 Å². The van der Waals surface area contributed by atoms with Crippen molar-refractivity contribution in [3.05, 3.63) is 103 Å². The normalized spacial score (nSPS) is 16.2. The lowest BCUT2D eigenvalue weighted by Crippen LogP contribution is -2.33. The Labute approximate surface area is 233 Å². The molecule has 6 rings (SSSR count). The quantitative estimate of drug-likeness (QED) is 0.264. The topological polar surface area (TPSA) is 93.4 Å². The van der Waals surface area contributed by atoms with Crippen LogP contribution in [0.1, 0.15) is 42.6 Å². The Hall–Kier alpha value is -4.56. The van der Waals surface area contributed by atoms with Crippen molar-refractivity contribution < 1.29 is 9.53 Å². The summed E-state index contributed by atoms with van der Waals surface area (Å²) >= 11 is 0. The summed E-state index contributed by atoms with van der Waals surface area (Å²) in [4.78, 5) is 22.3. The van der Waals surface area contributed by atoms with Crippen LogP contribution >= 0.6 is 0 Å². The molecule has 0 radical (unpaired) electrons. The minimum Gasteiger partial charge on any atom is -0.371 e. The van der Waals surface area contributed by atoms with Crippen LogP contribution in [0.5, 0.6) is 0 Å². The molecule has 2 aromatic carbocycles. The molecule has 2 N–H and O–H groups in total. The molecule has 1 saturated heterocycles. The lowest BCUT2D eigenvalue weighted by atomic mass is 10.1.